The van der Waals surface area contributed by atoms with Crippen LogP contribution in [0.2, 0.25) is 0 Å². The van der Waals surface area contributed by atoms with Gasteiger partial charge < -0.3 is 14.8 Å². The molecule has 0 saturated carbocycles. The SMILES string of the molecule is CCOc1ccc(C(=O)NCc2ccc(SC)cc2)c(OCC)c1. The Morgan fingerprint density at radius 2 is 1.75 bits per heavy atom. The first-order valence-electron chi connectivity index (χ1n) is 7.98. The molecule has 24 heavy (non-hydrogen) atoms. The number of hydrogen-bond acceptors (Lipinski definition) is 4. The topological polar surface area (TPSA) is 47.6 Å². The van der Waals surface area contributed by atoms with Crippen LogP contribution in [0.3, 0.4) is 0 Å². The molecule has 0 aliphatic rings. The van der Waals surface area contributed by atoms with Crippen LogP contribution in [0.5, 0.6) is 11.5 Å². The summed E-state index contributed by atoms with van der Waals surface area (Å²) in [5, 5.41) is 2.94. The Kier molecular flexibility index (Phi) is 7.00. The number of carbonyl (C=O) groups is 1. The highest BCUT2D eigenvalue weighted by Gasteiger charge is 2.13. The van der Waals surface area contributed by atoms with Gasteiger partial charge in [0, 0.05) is 17.5 Å². The number of ether oxygens (including phenoxy) is 2. The molecule has 4 nitrogen and oxygen atoms in total. The van der Waals surface area contributed by atoms with E-state index in [0.29, 0.717) is 36.8 Å². The number of benzene rings is 2. The standard InChI is InChI=1S/C19H23NO3S/c1-4-22-15-8-11-17(18(12-15)23-5-2)19(21)20-13-14-6-9-16(24-3)10-7-14/h6-12H,4-5,13H2,1-3H3,(H,20,21). The van der Waals surface area contributed by atoms with E-state index in [1.54, 1.807) is 30.0 Å². The molecule has 0 aliphatic heterocycles. The molecule has 0 heterocycles. The lowest BCUT2D eigenvalue weighted by Gasteiger charge is -2.13. The molecular weight excluding hydrogens is 322 g/mol. The van der Waals surface area contributed by atoms with Gasteiger partial charge in [0.1, 0.15) is 11.5 Å². The Bertz CT molecular complexity index is 671. The Hall–Kier alpha value is -2.14. The van der Waals surface area contributed by atoms with Crippen molar-refractivity contribution in [3.05, 3.63) is 53.6 Å². The Balaban J connectivity index is 2.07. The molecule has 0 aliphatic carbocycles. The highest BCUT2D eigenvalue weighted by Crippen LogP contribution is 2.25. The van der Waals surface area contributed by atoms with E-state index < -0.39 is 0 Å². The third kappa shape index (κ3) is 4.93. The molecule has 1 N–H and O–H groups in total. The molecule has 1 amide bonds. The van der Waals surface area contributed by atoms with Gasteiger partial charge in [0.15, 0.2) is 0 Å². The lowest BCUT2D eigenvalue weighted by atomic mass is 10.1. The van der Waals surface area contributed by atoms with Crippen molar-refractivity contribution in [1.29, 1.82) is 0 Å². The Labute approximate surface area is 147 Å². The van der Waals surface area contributed by atoms with Crippen LogP contribution in [0.1, 0.15) is 29.8 Å². The lowest BCUT2D eigenvalue weighted by molar-refractivity contribution is 0.0947. The zero-order valence-electron chi connectivity index (χ0n) is 14.3. The van der Waals surface area contributed by atoms with Gasteiger partial charge in [0.05, 0.1) is 18.8 Å². The summed E-state index contributed by atoms with van der Waals surface area (Å²) in [5.74, 6) is 1.08. The number of thioether (sulfide) groups is 1. The molecule has 2 aromatic carbocycles. The van der Waals surface area contributed by atoms with Gasteiger partial charge in [0.25, 0.3) is 5.91 Å². The van der Waals surface area contributed by atoms with Crippen LogP contribution >= 0.6 is 11.8 Å². The Morgan fingerprint density at radius 1 is 1.04 bits per heavy atom. The van der Waals surface area contributed by atoms with Crippen LogP contribution in [0.25, 0.3) is 0 Å². The van der Waals surface area contributed by atoms with Crippen LogP contribution < -0.4 is 14.8 Å². The van der Waals surface area contributed by atoms with E-state index in [4.69, 9.17) is 9.47 Å². The molecule has 2 rings (SSSR count). The maximum atomic E-state index is 12.5. The van der Waals surface area contributed by atoms with Gasteiger partial charge in [0.2, 0.25) is 0 Å². The average Bonchev–Trinajstić information content (AvgIpc) is 2.61. The van der Waals surface area contributed by atoms with Gasteiger partial charge in [-0.2, -0.15) is 0 Å². The van der Waals surface area contributed by atoms with Crippen molar-refractivity contribution in [2.24, 2.45) is 0 Å². The molecule has 0 saturated heterocycles. The summed E-state index contributed by atoms with van der Waals surface area (Å²) in [6, 6.07) is 13.4. The van der Waals surface area contributed by atoms with Crippen LogP contribution in [0.15, 0.2) is 47.4 Å². The molecule has 0 fully saturated rings. The van der Waals surface area contributed by atoms with Crippen molar-refractivity contribution in [2.75, 3.05) is 19.5 Å². The Morgan fingerprint density at radius 3 is 2.38 bits per heavy atom. The summed E-state index contributed by atoms with van der Waals surface area (Å²) in [5.41, 5.74) is 1.58. The minimum absolute atomic E-state index is 0.157. The minimum atomic E-state index is -0.157. The predicted molar refractivity (Wildman–Crippen MR) is 98.2 cm³/mol. The number of carbonyl (C=O) groups excluding carboxylic acids is 1. The fourth-order valence-corrected chi connectivity index (χ4v) is 2.65. The monoisotopic (exact) mass is 345 g/mol. The van der Waals surface area contributed by atoms with E-state index in [9.17, 15) is 4.79 Å². The molecule has 5 heteroatoms. The largest absolute Gasteiger partial charge is 0.494 e. The number of amides is 1. The summed E-state index contributed by atoms with van der Waals surface area (Å²) in [4.78, 5) is 13.7. The maximum Gasteiger partial charge on any atom is 0.255 e. The van der Waals surface area contributed by atoms with Gasteiger partial charge in [-0.15, -0.1) is 11.8 Å². The molecule has 0 unspecified atom stereocenters. The first-order valence-corrected chi connectivity index (χ1v) is 9.21. The van der Waals surface area contributed by atoms with Crippen molar-refractivity contribution in [3.63, 3.8) is 0 Å². The zero-order chi connectivity index (χ0) is 17.4. The second-order valence-electron chi connectivity index (χ2n) is 5.05. The van der Waals surface area contributed by atoms with Crippen LogP contribution in [-0.2, 0) is 6.54 Å². The molecule has 0 atom stereocenters. The van der Waals surface area contributed by atoms with Crippen LogP contribution in [-0.4, -0.2) is 25.4 Å². The second-order valence-corrected chi connectivity index (χ2v) is 5.93. The van der Waals surface area contributed by atoms with E-state index >= 15 is 0 Å². The molecule has 0 radical (unpaired) electrons. The third-order valence-electron chi connectivity index (χ3n) is 3.42. The first kappa shape index (κ1) is 18.2. The average molecular weight is 345 g/mol. The number of nitrogens with one attached hydrogen (secondary N) is 1. The minimum Gasteiger partial charge on any atom is -0.494 e. The number of rotatable bonds is 8. The molecule has 2 aromatic rings. The normalized spacial score (nSPS) is 10.3. The van der Waals surface area contributed by atoms with Crippen molar-refractivity contribution in [2.45, 2.75) is 25.3 Å². The van der Waals surface area contributed by atoms with Crippen molar-refractivity contribution < 1.29 is 14.3 Å². The predicted octanol–water partition coefficient (Wildman–Crippen LogP) is 4.14. The highest BCUT2D eigenvalue weighted by atomic mass is 32.2. The fraction of sp³-hybridized carbons (Fsp3) is 0.316. The van der Waals surface area contributed by atoms with Crippen molar-refractivity contribution >= 4 is 17.7 Å². The third-order valence-corrected chi connectivity index (χ3v) is 4.16. The lowest BCUT2D eigenvalue weighted by Crippen LogP contribution is -2.23. The van der Waals surface area contributed by atoms with Crippen LogP contribution in [0.4, 0.5) is 0 Å². The molecular formula is C19H23NO3S. The zero-order valence-corrected chi connectivity index (χ0v) is 15.1. The summed E-state index contributed by atoms with van der Waals surface area (Å²) in [7, 11) is 0. The number of hydrogen-bond donors (Lipinski definition) is 1. The summed E-state index contributed by atoms with van der Waals surface area (Å²) in [6.07, 6.45) is 2.04. The van der Waals surface area contributed by atoms with Crippen molar-refractivity contribution in [1.82, 2.24) is 5.32 Å². The van der Waals surface area contributed by atoms with Crippen LogP contribution in [0, 0.1) is 0 Å². The highest BCUT2D eigenvalue weighted by molar-refractivity contribution is 7.98. The smallest absolute Gasteiger partial charge is 0.255 e. The molecule has 128 valence electrons. The molecule has 0 spiro atoms. The van der Waals surface area contributed by atoms with E-state index in [2.05, 4.69) is 17.4 Å². The summed E-state index contributed by atoms with van der Waals surface area (Å²) < 4.78 is 11.0. The van der Waals surface area contributed by atoms with E-state index in [1.165, 1.54) is 4.90 Å². The summed E-state index contributed by atoms with van der Waals surface area (Å²) in [6.45, 7) is 5.35. The first-order chi connectivity index (χ1) is 11.7. The van der Waals surface area contributed by atoms with Gasteiger partial charge in [-0.05, 0) is 49.9 Å². The van der Waals surface area contributed by atoms with Gasteiger partial charge in [-0.1, -0.05) is 12.1 Å². The maximum absolute atomic E-state index is 12.5. The molecule has 0 bridgehead atoms. The second kappa shape index (κ2) is 9.23. The fourth-order valence-electron chi connectivity index (χ4n) is 2.24. The quantitative estimate of drug-likeness (QED) is 0.731. The van der Waals surface area contributed by atoms with Gasteiger partial charge >= 0.3 is 0 Å². The van der Waals surface area contributed by atoms with Gasteiger partial charge in [-0.3, -0.25) is 4.79 Å². The summed E-state index contributed by atoms with van der Waals surface area (Å²) >= 11 is 1.70. The van der Waals surface area contributed by atoms with E-state index in [1.807, 2.05) is 32.2 Å². The van der Waals surface area contributed by atoms with Crippen molar-refractivity contribution in [3.8, 4) is 11.5 Å². The van der Waals surface area contributed by atoms with Gasteiger partial charge in [-0.25, -0.2) is 0 Å². The van der Waals surface area contributed by atoms with E-state index in [-0.39, 0.29) is 5.91 Å². The van der Waals surface area contributed by atoms with E-state index in [0.717, 1.165) is 5.56 Å². The molecule has 0 aromatic heterocycles.